The van der Waals surface area contributed by atoms with Crippen LogP contribution in [0, 0.1) is 0 Å². The highest BCUT2D eigenvalue weighted by Crippen LogP contribution is 2.42. The van der Waals surface area contributed by atoms with Gasteiger partial charge in [-0.2, -0.15) is 0 Å². The van der Waals surface area contributed by atoms with Crippen molar-refractivity contribution in [3.05, 3.63) is 322 Å². The molecule has 0 saturated carbocycles. The number of nitrogens with zero attached hydrogens (tertiary/aromatic N) is 1. The van der Waals surface area contributed by atoms with Gasteiger partial charge < -0.3 is 4.57 Å². The Morgan fingerprint density at radius 1 is 0.153 bits per heavy atom. The average Bonchev–Trinajstić information content (AvgIpc) is 2.41. The van der Waals surface area contributed by atoms with Crippen LogP contribution in [0.4, 0.5) is 0 Å². The molecule has 0 atom stereocenters. The molecule has 0 radical (unpaired) electrons. The number of aromatic nitrogens is 1. The number of benzene rings is 16. The number of rotatable bonds is 8. The van der Waals surface area contributed by atoms with Crippen molar-refractivity contribution in [1.29, 1.82) is 0 Å². The molecule has 0 N–H and O–H groups in total. The molecule has 0 aliphatic heterocycles. The molecule has 0 bridgehead atoms. The molecule has 0 aliphatic rings. The third kappa shape index (κ3) is 8.23. The first-order valence-electron chi connectivity index (χ1n) is 29.4. The molecule has 16 aromatic carbocycles. The first kappa shape index (κ1) is 48.6. The summed E-state index contributed by atoms with van der Waals surface area (Å²) in [6.45, 7) is 0. The van der Waals surface area contributed by atoms with Crippen LogP contribution < -0.4 is 0 Å². The van der Waals surface area contributed by atoms with Crippen LogP contribution in [0.1, 0.15) is 0 Å². The van der Waals surface area contributed by atoms with Crippen LogP contribution in [0.15, 0.2) is 322 Å². The quantitative estimate of drug-likeness (QED) is 0.134. The monoisotopic (exact) mass is 1080 g/mol. The van der Waals surface area contributed by atoms with Crippen molar-refractivity contribution in [1.82, 2.24) is 4.57 Å². The highest BCUT2D eigenvalue weighted by atomic mass is 15.0. The first-order valence-corrected chi connectivity index (χ1v) is 29.4. The molecule has 0 aliphatic carbocycles. The molecule has 0 saturated heterocycles. The fourth-order valence-corrected chi connectivity index (χ4v) is 13.7. The maximum absolute atomic E-state index is 2.45. The standard InChI is InChI=1S/C84H53N/c1-4-16-69-65(13-1)51-78(75-22-10-7-19-72(69)75)60-37-33-56(34-38-60)54-25-29-58(30-26-54)63-43-47-83-81(49-63)82-50-64(44-48-84(82)85(83)68-45-41-62(42-46-68)80-53-67-15-3-6-18-71(67)74-21-9-12-24-77(74)80)59-31-27-55(28-32-59)57-35-39-61(40-36-57)79-52-66-14-2-5-17-70(66)73-20-8-11-23-76(73)79/h1-53H. The van der Waals surface area contributed by atoms with Crippen LogP contribution in [0.5, 0.6) is 0 Å². The van der Waals surface area contributed by atoms with Crippen molar-refractivity contribution in [3.63, 3.8) is 0 Å². The molecule has 0 amide bonds. The third-order valence-corrected chi connectivity index (χ3v) is 18.0. The summed E-state index contributed by atoms with van der Waals surface area (Å²) in [7, 11) is 0. The van der Waals surface area contributed by atoms with Crippen LogP contribution in [0.25, 0.3) is 170 Å². The second-order valence-corrected chi connectivity index (χ2v) is 22.7. The van der Waals surface area contributed by atoms with E-state index in [4.69, 9.17) is 0 Å². The van der Waals surface area contributed by atoms with E-state index in [0.29, 0.717) is 0 Å². The summed E-state index contributed by atoms with van der Waals surface area (Å²) in [5, 5.41) is 17.7. The van der Waals surface area contributed by atoms with Crippen molar-refractivity contribution < 1.29 is 0 Å². The summed E-state index contributed by atoms with van der Waals surface area (Å²) in [4.78, 5) is 0. The molecule has 17 rings (SSSR count). The minimum atomic E-state index is 1.13. The van der Waals surface area contributed by atoms with E-state index in [0.717, 1.165) is 5.69 Å². The predicted molar refractivity (Wildman–Crippen MR) is 364 cm³/mol. The van der Waals surface area contributed by atoms with Crippen LogP contribution in [-0.4, -0.2) is 4.57 Å². The molecule has 394 valence electrons. The molecule has 1 heteroatoms. The van der Waals surface area contributed by atoms with Crippen molar-refractivity contribution >= 4 is 86.4 Å². The Labute approximate surface area is 493 Å². The third-order valence-electron chi connectivity index (χ3n) is 18.0. The Morgan fingerprint density at radius 2 is 0.388 bits per heavy atom. The van der Waals surface area contributed by atoms with Crippen molar-refractivity contribution in [2.75, 3.05) is 0 Å². The molecule has 1 aromatic heterocycles. The summed E-state index contributed by atoms with van der Waals surface area (Å²) in [6.07, 6.45) is 0. The Bertz CT molecular complexity index is 5210. The fourth-order valence-electron chi connectivity index (χ4n) is 13.7. The molecule has 1 heterocycles. The second kappa shape index (κ2) is 19.8. The Balaban J connectivity index is 0.721. The minimum Gasteiger partial charge on any atom is -0.309 e. The molecule has 17 aromatic rings. The number of hydrogen-bond donors (Lipinski definition) is 0. The van der Waals surface area contributed by atoms with Crippen molar-refractivity contribution in [2.24, 2.45) is 0 Å². The Hall–Kier alpha value is -11.1. The highest BCUT2D eigenvalue weighted by Gasteiger charge is 2.18. The van der Waals surface area contributed by atoms with Gasteiger partial charge >= 0.3 is 0 Å². The summed E-state index contributed by atoms with van der Waals surface area (Å²) < 4.78 is 2.45. The van der Waals surface area contributed by atoms with Crippen LogP contribution >= 0.6 is 0 Å². The lowest BCUT2D eigenvalue weighted by Gasteiger charge is -2.13. The maximum atomic E-state index is 2.45. The van der Waals surface area contributed by atoms with E-state index in [1.54, 1.807) is 0 Å². The highest BCUT2D eigenvalue weighted by molar-refractivity contribution is 6.17. The van der Waals surface area contributed by atoms with Crippen molar-refractivity contribution in [3.8, 4) is 83.6 Å². The van der Waals surface area contributed by atoms with Gasteiger partial charge in [0.05, 0.1) is 11.0 Å². The fraction of sp³-hybridized carbons (Fsp3) is 0. The zero-order valence-corrected chi connectivity index (χ0v) is 46.5. The van der Waals surface area contributed by atoms with E-state index in [1.165, 1.54) is 164 Å². The summed E-state index contributed by atoms with van der Waals surface area (Å²) >= 11 is 0. The molecule has 0 fully saturated rings. The normalized spacial score (nSPS) is 11.8. The van der Waals surface area contributed by atoms with E-state index in [9.17, 15) is 0 Å². The van der Waals surface area contributed by atoms with E-state index >= 15 is 0 Å². The average molecular weight is 1080 g/mol. The second-order valence-electron chi connectivity index (χ2n) is 22.7. The van der Waals surface area contributed by atoms with Gasteiger partial charge in [0.25, 0.3) is 0 Å². The molecular weight excluding hydrogens is 1020 g/mol. The maximum Gasteiger partial charge on any atom is 0.0541 e. The van der Waals surface area contributed by atoms with Gasteiger partial charge in [-0.25, -0.2) is 0 Å². The molecule has 0 unspecified atom stereocenters. The minimum absolute atomic E-state index is 1.13. The van der Waals surface area contributed by atoms with Gasteiger partial charge in [0.2, 0.25) is 0 Å². The Kier molecular flexibility index (Phi) is 11.3. The van der Waals surface area contributed by atoms with Crippen molar-refractivity contribution in [2.45, 2.75) is 0 Å². The molecule has 0 spiro atoms. The van der Waals surface area contributed by atoms with Crippen LogP contribution in [0.3, 0.4) is 0 Å². The van der Waals surface area contributed by atoms with Gasteiger partial charge in [-0.15, -0.1) is 0 Å². The van der Waals surface area contributed by atoms with E-state index in [-0.39, 0.29) is 0 Å². The molecular formula is C84H53N. The van der Waals surface area contributed by atoms with Crippen LogP contribution in [-0.2, 0) is 0 Å². The lowest BCUT2D eigenvalue weighted by Crippen LogP contribution is -1.94. The predicted octanol–water partition coefficient (Wildman–Crippen LogP) is 23.4. The summed E-state index contributed by atoms with van der Waals surface area (Å²) in [5.74, 6) is 0. The van der Waals surface area contributed by atoms with Gasteiger partial charge in [-0.3, -0.25) is 0 Å². The summed E-state index contributed by atoms with van der Waals surface area (Å²) in [6, 6.07) is 119. The lowest BCUT2D eigenvalue weighted by atomic mass is 9.92. The molecule has 1 nitrogen and oxygen atoms in total. The number of hydrogen-bond acceptors (Lipinski definition) is 0. The zero-order valence-electron chi connectivity index (χ0n) is 46.5. The lowest BCUT2D eigenvalue weighted by molar-refractivity contribution is 1.18. The van der Waals surface area contributed by atoms with Gasteiger partial charge in [0, 0.05) is 16.5 Å². The van der Waals surface area contributed by atoms with Crippen LogP contribution in [0.2, 0.25) is 0 Å². The first-order chi connectivity index (χ1) is 42.1. The van der Waals surface area contributed by atoms with Gasteiger partial charge in [-0.1, -0.05) is 267 Å². The Morgan fingerprint density at radius 3 is 0.706 bits per heavy atom. The van der Waals surface area contributed by atoms with Gasteiger partial charge in [0.1, 0.15) is 0 Å². The topological polar surface area (TPSA) is 4.93 Å². The number of fused-ring (bicyclic) bond motifs is 12. The van der Waals surface area contributed by atoms with Gasteiger partial charge in [0.15, 0.2) is 0 Å². The van der Waals surface area contributed by atoms with E-state index in [1.807, 2.05) is 0 Å². The summed E-state index contributed by atoms with van der Waals surface area (Å²) in [5.41, 5.74) is 20.4. The van der Waals surface area contributed by atoms with E-state index in [2.05, 4.69) is 326 Å². The smallest absolute Gasteiger partial charge is 0.0541 e. The van der Waals surface area contributed by atoms with Gasteiger partial charge in [-0.05, 0) is 197 Å². The largest absolute Gasteiger partial charge is 0.309 e. The molecule has 85 heavy (non-hydrogen) atoms. The van der Waals surface area contributed by atoms with E-state index < -0.39 is 0 Å². The zero-order chi connectivity index (χ0) is 56.0. The SMILES string of the molecule is c1ccc2c(c1)cc(-c1ccc(-c3ccc(-c4ccc5c(c4)c4cc(-c6ccc(-c7ccc(-c8cc9ccccc9c9ccccc89)cc7)cc6)ccc4n5-c4ccc(-c5cc6ccccc6c6ccccc56)cc4)cc3)cc1)c1ccccc12.